The molecular weight excluding hydrogens is 316 g/mol. The summed E-state index contributed by atoms with van der Waals surface area (Å²) in [6.07, 6.45) is 0. The topological polar surface area (TPSA) is 93.1 Å². The number of rotatable bonds is 5. The average Bonchev–Trinajstić information content (AvgIpc) is 2.70. The number of aromatic nitrogens is 2. The zero-order valence-corrected chi connectivity index (χ0v) is 14.4. The number of carbonyl (C=O) groups is 1. The van der Waals surface area contributed by atoms with E-state index in [0.29, 0.717) is 0 Å². The molecule has 0 saturated carbocycles. The number of benzene rings is 1. The van der Waals surface area contributed by atoms with Gasteiger partial charge >= 0.3 is 0 Å². The van der Waals surface area contributed by atoms with Crippen LogP contribution in [0.1, 0.15) is 23.9 Å². The second kappa shape index (κ2) is 6.51. The van der Waals surface area contributed by atoms with Crippen LogP contribution in [-0.2, 0) is 28.4 Å². The molecule has 2 aromatic rings. The minimum absolute atomic E-state index is 0.0365. The summed E-state index contributed by atoms with van der Waals surface area (Å²) in [6.45, 7) is 5.19. The molecule has 0 atom stereocenters. The van der Waals surface area contributed by atoms with Crippen LogP contribution in [0.3, 0.4) is 0 Å². The van der Waals surface area contributed by atoms with E-state index in [4.69, 9.17) is 0 Å². The first-order valence-corrected chi connectivity index (χ1v) is 8.56. The maximum atomic E-state index is 12.5. The Labute approximate surface area is 135 Å². The number of hydrogen-bond acceptors (Lipinski definition) is 4. The van der Waals surface area contributed by atoms with E-state index in [-0.39, 0.29) is 23.0 Å². The van der Waals surface area contributed by atoms with Gasteiger partial charge in [-0.3, -0.25) is 9.48 Å². The van der Waals surface area contributed by atoms with Gasteiger partial charge in [0.2, 0.25) is 15.9 Å². The lowest BCUT2D eigenvalue weighted by atomic mass is 10.2. The van der Waals surface area contributed by atoms with Gasteiger partial charge in [-0.25, -0.2) is 13.1 Å². The van der Waals surface area contributed by atoms with E-state index >= 15 is 0 Å². The van der Waals surface area contributed by atoms with Crippen LogP contribution in [0.15, 0.2) is 29.2 Å². The number of nitrogens with zero attached hydrogens (tertiary/aromatic N) is 2. The number of para-hydroxylation sites is 1. The van der Waals surface area contributed by atoms with Gasteiger partial charge < -0.3 is 5.32 Å². The van der Waals surface area contributed by atoms with Crippen molar-refractivity contribution in [3.05, 3.63) is 41.2 Å². The lowest BCUT2D eigenvalue weighted by Gasteiger charge is -2.12. The molecule has 0 aliphatic heterocycles. The van der Waals surface area contributed by atoms with Gasteiger partial charge in [-0.2, -0.15) is 5.10 Å². The van der Waals surface area contributed by atoms with Crippen LogP contribution < -0.4 is 10.0 Å². The van der Waals surface area contributed by atoms with E-state index in [1.54, 1.807) is 22.9 Å². The summed E-state index contributed by atoms with van der Waals surface area (Å²) in [4.78, 5) is 11.3. The van der Waals surface area contributed by atoms with Gasteiger partial charge in [0.1, 0.15) is 4.90 Å². The summed E-state index contributed by atoms with van der Waals surface area (Å²) in [5.41, 5.74) is 2.78. The Morgan fingerprint density at radius 2 is 1.91 bits per heavy atom. The molecule has 1 aromatic carbocycles. The predicted molar refractivity (Wildman–Crippen MR) is 87.5 cm³/mol. The molecule has 0 aliphatic rings. The molecule has 1 heterocycles. The van der Waals surface area contributed by atoms with Crippen LogP contribution in [0.2, 0.25) is 0 Å². The highest BCUT2D eigenvalue weighted by molar-refractivity contribution is 7.89. The molecule has 2 N–H and O–H groups in total. The van der Waals surface area contributed by atoms with E-state index in [0.717, 1.165) is 17.0 Å². The minimum atomic E-state index is -3.76. The zero-order chi connectivity index (χ0) is 17.2. The average molecular weight is 336 g/mol. The Morgan fingerprint density at radius 3 is 2.48 bits per heavy atom. The van der Waals surface area contributed by atoms with Crippen molar-refractivity contribution in [2.45, 2.75) is 32.2 Å². The van der Waals surface area contributed by atoms with E-state index in [1.165, 1.54) is 13.0 Å². The fraction of sp³-hybridized carbons (Fsp3) is 0.333. The van der Waals surface area contributed by atoms with E-state index in [2.05, 4.69) is 15.1 Å². The van der Waals surface area contributed by atoms with Gasteiger partial charge in [-0.15, -0.1) is 0 Å². The van der Waals surface area contributed by atoms with E-state index in [9.17, 15) is 13.2 Å². The number of carbonyl (C=O) groups excluding carboxylic acids is 1. The summed E-state index contributed by atoms with van der Waals surface area (Å²) in [5.74, 6) is -0.327. The van der Waals surface area contributed by atoms with Crippen molar-refractivity contribution in [2.75, 3.05) is 5.32 Å². The zero-order valence-electron chi connectivity index (χ0n) is 13.5. The van der Waals surface area contributed by atoms with Crippen LogP contribution in [-0.4, -0.2) is 24.1 Å². The van der Waals surface area contributed by atoms with Crippen LogP contribution in [0, 0.1) is 13.8 Å². The first kappa shape index (κ1) is 17.2. The number of amides is 1. The molecule has 2 rings (SSSR count). The monoisotopic (exact) mass is 336 g/mol. The highest BCUT2D eigenvalue weighted by Gasteiger charge is 2.20. The maximum absolute atomic E-state index is 12.5. The van der Waals surface area contributed by atoms with Gasteiger partial charge in [-0.05, 0) is 26.0 Å². The summed E-state index contributed by atoms with van der Waals surface area (Å²) in [7, 11) is -1.95. The Hall–Kier alpha value is -2.19. The normalized spacial score (nSPS) is 11.5. The minimum Gasteiger partial charge on any atom is -0.325 e. The number of sulfonamides is 1. The van der Waals surface area contributed by atoms with Gasteiger partial charge in [0, 0.05) is 31.8 Å². The lowest BCUT2D eigenvalue weighted by molar-refractivity contribution is -0.114. The molecule has 1 aromatic heterocycles. The highest BCUT2D eigenvalue weighted by atomic mass is 32.2. The van der Waals surface area contributed by atoms with E-state index in [1.807, 2.05) is 20.9 Å². The van der Waals surface area contributed by atoms with Crippen molar-refractivity contribution in [1.29, 1.82) is 0 Å². The van der Waals surface area contributed by atoms with Crippen molar-refractivity contribution >= 4 is 21.6 Å². The molecule has 8 heteroatoms. The first-order valence-electron chi connectivity index (χ1n) is 7.07. The number of hydrogen-bond donors (Lipinski definition) is 2. The molecule has 0 aliphatic carbocycles. The van der Waals surface area contributed by atoms with Crippen LogP contribution >= 0.6 is 0 Å². The summed E-state index contributed by atoms with van der Waals surface area (Å²) < 4.78 is 29.4. The third-order valence-corrected chi connectivity index (χ3v) is 5.04. The fourth-order valence-corrected chi connectivity index (χ4v) is 3.47. The van der Waals surface area contributed by atoms with Crippen molar-refractivity contribution < 1.29 is 13.2 Å². The summed E-state index contributed by atoms with van der Waals surface area (Å²) in [6, 6.07) is 6.28. The van der Waals surface area contributed by atoms with Crippen LogP contribution in [0.5, 0.6) is 0 Å². The van der Waals surface area contributed by atoms with Crippen molar-refractivity contribution in [3.8, 4) is 0 Å². The molecule has 124 valence electrons. The molecule has 0 unspecified atom stereocenters. The summed E-state index contributed by atoms with van der Waals surface area (Å²) in [5, 5.41) is 6.80. The van der Waals surface area contributed by atoms with Crippen LogP contribution in [0.25, 0.3) is 0 Å². The number of anilines is 1. The fourth-order valence-electron chi connectivity index (χ4n) is 2.31. The molecule has 1 amide bonds. The molecule has 0 bridgehead atoms. The Kier molecular flexibility index (Phi) is 4.86. The van der Waals surface area contributed by atoms with Gasteiger partial charge in [-0.1, -0.05) is 12.1 Å². The molecule has 0 saturated heterocycles. The molecular formula is C15H20N4O3S. The van der Waals surface area contributed by atoms with Crippen molar-refractivity contribution in [3.63, 3.8) is 0 Å². The van der Waals surface area contributed by atoms with Crippen molar-refractivity contribution in [2.24, 2.45) is 7.05 Å². The Bertz CT molecular complexity index is 840. The molecule has 0 spiro atoms. The predicted octanol–water partition coefficient (Wildman–Crippen LogP) is 1.47. The smallest absolute Gasteiger partial charge is 0.242 e. The number of aryl methyl sites for hydroxylation is 2. The largest absolute Gasteiger partial charge is 0.325 e. The molecule has 0 radical (unpaired) electrons. The van der Waals surface area contributed by atoms with Crippen molar-refractivity contribution in [1.82, 2.24) is 14.5 Å². The maximum Gasteiger partial charge on any atom is 0.242 e. The molecule has 7 nitrogen and oxygen atoms in total. The van der Waals surface area contributed by atoms with Gasteiger partial charge in [0.05, 0.1) is 11.4 Å². The molecule has 23 heavy (non-hydrogen) atoms. The lowest BCUT2D eigenvalue weighted by Crippen LogP contribution is -2.25. The third-order valence-electron chi connectivity index (χ3n) is 3.59. The van der Waals surface area contributed by atoms with Gasteiger partial charge in [0.25, 0.3) is 0 Å². The first-order chi connectivity index (χ1) is 10.7. The third kappa shape index (κ3) is 3.77. The highest BCUT2D eigenvalue weighted by Crippen LogP contribution is 2.21. The molecule has 0 fully saturated rings. The van der Waals surface area contributed by atoms with Crippen LogP contribution in [0.4, 0.5) is 5.69 Å². The second-order valence-corrected chi connectivity index (χ2v) is 7.01. The summed E-state index contributed by atoms with van der Waals surface area (Å²) >= 11 is 0. The van der Waals surface area contributed by atoms with Gasteiger partial charge in [0.15, 0.2) is 0 Å². The van der Waals surface area contributed by atoms with E-state index < -0.39 is 10.0 Å². The SMILES string of the molecule is CC(=O)Nc1ccccc1S(=O)(=O)NCc1c(C)nn(C)c1C. The second-order valence-electron chi connectivity index (χ2n) is 5.27. The quantitative estimate of drug-likeness (QED) is 0.865. The Balaban J connectivity index is 2.28. The Morgan fingerprint density at radius 1 is 1.26 bits per heavy atom. The number of nitrogens with one attached hydrogen (secondary N) is 2. The standard InChI is InChI=1S/C15H20N4O3S/c1-10-13(11(2)19(4)18-10)9-16-23(21,22)15-8-6-5-7-14(15)17-12(3)20/h5-8,16H,9H2,1-4H3,(H,17,20).